The van der Waals surface area contributed by atoms with Crippen LogP contribution >= 0.6 is 24.0 Å². The second kappa shape index (κ2) is 11.2. The summed E-state index contributed by atoms with van der Waals surface area (Å²) in [6, 6.07) is 6.63. The summed E-state index contributed by atoms with van der Waals surface area (Å²) in [7, 11) is 4.14. The number of anilines is 1. The van der Waals surface area contributed by atoms with E-state index in [0.717, 1.165) is 44.6 Å². The highest BCUT2D eigenvalue weighted by Gasteiger charge is 2.21. The Hall–Kier alpha value is -1.02. The van der Waals surface area contributed by atoms with Crippen LogP contribution in [0.5, 0.6) is 0 Å². The lowest BCUT2D eigenvalue weighted by atomic mass is 9.94. The van der Waals surface area contributed by atoms with Crippen molar-refractivity contribution in [3.05, 3.63) is 29.3 Å². The summed E-state index contributed by atoms with van der Waals surface area (Å²) in [5.41, 5.74) is 4.17. The fraction of sp³-hybridized carbons (Fsp3) is 0.682. The van der Waals surface area contributed by atoms with Crippen LogP contribution in [-0.2, 0) is 0 Å². The summed E-state index contributed by atoms with van der Waals surface area (Å²) < 4.78 is 0. The van der Waals surface area contributed by atoms with E-state index in [4.69, 9.17) is 0 Å². The number of piperidine rings is 1. The number of guanidine groups is 1. The third-order valence-electron chi connectivity index (χ3n) is 6.38. The number of hydrogen-bond donors (Lipinski definition) is 1. The molecule has 3 rings (SSSR count). The Labute approximate surface area is 188 Å². The van der Waals surface area contributed by atoms with Crippen LogP contribution in [0, 0.1) is 19.8 Å². The molecule has 0 saturated carbocycles. The predicted octanol–water partition coefficient (Wildman–Crippen LogP) is 3.35. The number of aliphatic imine (C=N–C) groups is 1. The van der Waals surface area contributed by atoms with Gasteiger partial charge in [0.25, 0.3) is 0 Å². The second-order valence-electron chi connectivity index (χ2n) is 8.20. The van der Waals surface area contributed by atoms with Gasteiger partial charge in [0.05, 0.1) is 0 Å². The third kappa shape index (κ3) is 5.99. The average molecular weight is 499 g/mol. The minimum absolute atomic E-state index is 0. The SMILES string of the molecule is CN=C(NCCC1CCN(C)CC1)N1CCN(c2cccc(C)c2C)CC1.I. The number of hydrogen-bond acceptors (Lipinski definition) is 3. The van der Waals surface area contributed by atoms with Crippen molar-refractivity contribution in [3.8, 4) is 0 Å². The largest absolute Gasteiger partial charge is 0.368 e. The Balaban J connectivity index is 0.00000280. The highest BCUT2D eigenvalue weighted by molar-refractivity contribution is 14.0. The molecule has 0 aromatic heterocycles. The lowest BCUT2D eigenvalue weighted by Crippen LogP contribution is -2.53. The highest BCUT2D eigenvalue weighted by atomic mass is 127. The Bertz CT molecular complexity index is 632. The summed E-state index contributed by atoms with van der Waals surface area (Å²) in [6.45, 7) is 12.1. The fourth-order valence-electron chi connectivity index (χ4n) is 4.31. The summed E-state index contributed by atoms with van der Waals surface area (Å²) in [6.07, 6.45) is 3.94. The van der Waals surface area contributed by atoms with E-state index in [-0.39, 0.29) is 24.0 Å². The Kier molecular flexibility index (Phi) is 9.34. The molecule has 0 radical (unpaired) electrons. The predicted molar refractivity (Wildman–Crippen MR) is 131 cm³/mol. The maximum absolute atomic E-state index is 4.54. The van der Waals surface area contributed by atoms with E-state index in [2.05, 4.69) is 64.1 Å². The number of nitrogens with one attached hydrogen (secondary N) is 1. The van der Waals surface area contributed by atoms with Crippen molar-refractivity contribution in [1.82, 2.24) is 15.1 Å². The topological polar surface area (TPSA) is 34.1 Å². The van der Waals surface area contributed by atoms with Crippen LogP contribution in [0.3, 0.4) is 0 Å². The molecule has 0 amide bonds. The molecule has 0 aliphatic carbocycles. The maximum atomic E-state index is 4.54. The van der Waals surface area contributed by atoms with Gasteiger partial charge in [0, 0.05) is 45.5 Å². The van der Waals surface area contributed by atoms with Crippen LogP contribution in [-0.4, -0.2) is 75.7 Å². The molecule has 1 aromatic rings. The number of likely N-dealkylation sites (tertiary alicyclic amines) is 1. The Morgan fingerprint density at radius 2 is 1.75 bits per heavy atom. The van der Waals surface area contributed by atoms with Gasteiger partial charge in [-0.2, -0.15) is 0 Å². The number of aryl methyl sites for hydroxylation is 1. The first-order chi connectivity index (χ1) is 13.1. The first-order valence-electron chi connectivity index (χ1n) is 10.5. The molecule has 158 valence electrons. The first-order valence-corrected chi connectivity index (χ1v) is 10.5. The number of rotatable bonds is 4. The Morgan fingerprint density at radius 3 is 2.39 bits per heavy atom. The van der Waals surface area contributed by atoms with Crippen molar-refractivity contribution in [2.75, 3.05) is 64.8 Å². The molecule has 2 heterocycles. The van der Waals surface area contributed by atoms with E-state index in [1.165, 1.54) is 49.2 Å². The van der Waals surface area contributed by atoms with Gasteiger partial charge in [0.1, 0.15) is 0 Å². The zero-order valence-corrected chi connectivity index (χ0v) is 20.4. The molecule has 6 heteroatoms. The maximum Gasteiger partial charge on any atom is 0.193 e. The standard InChI is InChI=1S/C22H37N5.HI/c1-18-6-5-7-21(19(18)2)26-14-16-27(17-15-26)22(23-3)24-11-8-20-9-12-25(4)13-10-20;/h5-7,20H,8-17H2,1-4H3,(H,23,24);1H. The summed E-state index contributed by atoms with van der Waals surface area (Å²) in [4.78, 5) is 11.9. The second-order valence-corrected chi connectivity index (χ2v) is 8.20. The molecular weight excluding hydrogens is 461 g/mol. The molecule has 28 heavy (non-hydrogen) atoms. The molecule has 0 atom stereocenters. The highest BCUT2D eigenvalue weighted by Crippen LogP contribution is 2.24. The normalized spacial score (nSPS) is 19.5. The fourth-order valence-corrected chi connectivity index (χ4v) is 4.31. The van der Waals surface area contributed by atoms with Crippen LogP contribution in [0.2, 0.25) is 0 Å². The quantitative estimate of drug-likeness (QED) is 0.392. The van der Waals surface area contributed by atoms with E-state index in [9.17, 15) is 0 Å². The van der Waals surface area contributed by atoms with E-state index >= 15 is 0 Å². The van der Waals surface area contributed by atoms with Crippen LogP contribution in [0.4, 0.5) is 5.69 Å². The van der Waals surface area contributed by atoms with Crippen LogP contribution < -0.4 is 10.2 Å². The van der Waals surface area contributed by atoms with Gasteiger partial charge >= 0.3 is 0 Å². The van der Waals surface area contributed by atoms with Gasteiger partial charge in [-0.05, 0) is 76.4 Å². The molecule has 1 aromatic carbocycles. The lowest BCUT2D eigenvalue weighted by Gasteiger charge is -2.38. The van der Waals surface area contributed by atoms with E-state index in [1.54, 1.807) is 0 Å². The average Bonchev–Trinajstić information content (AvgIpc) is 2.69. The smallest absolute Gasteiger partial charge is 0.193 e. The molecular formula is C22H38IN5. The first kappa shape index (κ1) is 23.3. The molecule has 2 saturated heterocycles. The molecule has 2 fully saturated rings. The van der Waals surface area contributed by atoms with Crippen molar-refractivity contribution in [2.24, 2.45) is 10.9 Å². The molecule has 2 aliphatic rings. The van der Waals surface area contributed by atoms with E-state index in [0.29, 0.717) is 0 Å². The van der Waals surface area contributed by atoms with Crippen molar-refractivity contribution < 1.29 is 0 Å². The Morgan fingerprint density at radius 1 is 1.07 bits per heavy atom. The summed E-state index contributed by atoms with van der Waals surface area (Å²) >= 11 is 0. The van der Waals surface area contributed by atoms with Gasteiger partial charge in [-0.15, -0.1) is 24.0 Å². The number of piperazine rings is 1. The molecule has 0 bridgehead atoms. The monoisotopic (exact) mass is 499 g/mol. The molecule has 2 aliphatic heterocycles. The zero-order chi connectivity index (χ0) is 19.2. The lowest BCUT2D eigenvalue weighted by molar-refractivity contribution is 0.212. The van der Waals surface area contributed by atoms with Crippen molar-refractivity contribution in [2.45, 2.75) is 33.1 Å². The van der Waals surface area contributed by atoms with E-state index < -0.39 is 0 Å². The van der Waals surface area contributed by atoms with Gasteiger partial charge in [0.15, 0.2) is 5.96 Å². The van der Waals surface area contributed by atoms with Crippen LogP contribution in [0.25, 0.3) is 0 Å². The number of nitrogens with zero attached hydrogens (tertiary/aromatic N) is 4. The number of halogens is 1. The molecule has 0 spiro atoms. The summed E-state index contributed by atoms with van der Waals surface area (Å²) in [5.74, 6) is 1.94. The van der Waals surface area contributed by atoms with Crippen molar-refractivity contribution in [1.29, 1.82) is 0 Å². The minimum atomic E-state index is 0. The van der Waals surface area contributed by atoms with Crippen LogP contribution in [0.15, 0.2) is 23.2 Å². The third-order valence-corrected chi connectivity index (χ3v) is 6.38. The molecule has 1 N–H and O–H groups in total. The minimum Gasteiger partial charge on any atom is -0.368 e. The van der Waals surface area contributed by atoms with Gasteiger partial charge in [0.2, 0.25) is 0 Å². The zero-order valence-electron chi connectivity index (χ0n) is 18.1. The molecule has 5 nitrogen and oxygen atoms in total. The van der Waals surface area contributed by atoms with E-state index in [1.807, 2.05) is 7.05 Å². The van der Waals surface area contributed by atoms with Gasteiger partial charge in [-0.1, -0.05) is 12.1 Å². The molecule has 0 unspecified atom stereocenters. The summed E-state index contributed by atoms with van der Waals surface area (Å²) in [5, 5.41) is 3.62. The van der Waals surface area contributed by atoms with Gasteiger partial charge in [-0.25, -0.2) is 0 Å². The van der Waals surface area contributed by atoms with Crippen molar-refractivity contribution in [3.63, 3.8) is 0 Å². The van der Waals surface area contributed by atoms with Crippen LogP contribution in [0.1, 0.15) is 30.4 Å². The van der Waals surface area contributed by atoms with Gasteiger partial charge in [-0.3, -0.25) is 4.99 Å². The van der Waals surface area contributed by atoms with Crippen molar-refractivity contribution >= 4 is 35.6 Å². The number of benzene rings is 1. The van der Waals surface area contributed by atoms with Gasteiger partial charge < -0.3 is 20.0 Å².